The van der Waals surface area contributed by atoms with E-state index in [1.807, 2.05) is 60.7 Å². The van der Waals surface area contributed by atoms with Gasteiger partial charge in [-0.2, -0.15) is 5.10 Å². The predicted molar refractivity (Wildman–Crippen MR) is 107 cm³/mol. The van der Waals surface area contributed by atoms with Crippen LogP contribution in [0.5, 0.6) is 11.5 Å². The molecule has 7 nitrogen and oxygen atoms in total. The lowest BCUT2D eigenvalue weighted by Gasteiger charge is -2.06. The van der Waals surface area contributed by atoms with E-state index in [1.165, 1.54) is 25.5 Å². The van der Waals surface area contributed by atoms with Gasteiger partial charge in [0.2, 0.25) is 5.75 Å². The molecule has 0 fully saturated rings. The van der Waals surface area contributed by atoms with Gasteiger partial charge < -0.3 is 9.84 Å². The summed E-state index contributed by atoms with van der Waals surface area (Å²) in [6.45, 7) is 0. The highest BCUT2D eigenvalue weighted by Crippen LogP contribution is 2.36. The van der Waals surface area contributed by atoms with Gasteiger partial charge in [-0.15, -0.1) is 5.10 Å². The molecule has 0 saturated heterocycles. The van der Waals surface area contributed by atoms with Crippen molar-refractivity contribution < 1.29 is 14.8 Å². The standard InChI is InChI=1S/C21H17N3O4/c1-28-19-13-15(12-18(21(19)25)24(26)27)14-22-23-20(16-8-4-2-5-9-16)17-10-6-3-7-11-17/h2-14,25H,1H3/b22-14-. The van der Waals surface area contributed by atoms with Gasteiger partial charge in [0, 0.05) is 22.8 Å². The van der Waals surface area contributed by atoms with Crippen LogP contribution >= 0.6 is 0 Å². The van der Waals surface area contributed by atoms with Crippen LogP contribution in [0.25, 0.3) is 0 Å². The molecule has 140 valence electrons. The fourth-order valence-electron chi connectivity index (χ4n) is 2.61. The first-order valence-corrected chi connectivity index (χ1v) is 8.37. The molecule has 0 unspecified atom stereocenters. The molecule has 3 aromatic carbocycles. The molecule has 3 rings (SSSR count). The lowest BCUT2D eigenvalue weighted by Crippen LogP contribution is -2.02. The number of ether oxygens (including phenoxy) is 1. The van der Waals surface area contributed by atoms with Gasteiger partial charge in [-0.05, 0) is 6.07 Å². The van der Waals surface area contributed by atoms with E-state index in [4.69, 9.17) is 4.74 Å². The average Bonchev–Trinajstić information content (AvgIpc) is 2.73. The van der Waals surface area contributed by atoms with Gasteiger partial charge in [-0.25, -0.2) is 0 Å². The zero-order valence-electron chi connectivity index (χ0n) is 15.0. The fraction of sp³-hybridized carbons (Fsp3) is 0.0476. The minimum atomic E-state index is -0.683. The van der Waals surface area contributed by atoms with Crippen LogP contribution in [0.3, 0.4) is 0 Å². The number of methoxy groups -OCH3 is 1. The molecule has 0 bridgehead atoms. The molecule has 0 heterocycles. The Morgan fingerprint density at radius 2 is 1.61 bits per heavy atom. The van der Waals surface area contributed by atoms with Crippen LogP contribution in [0.15, 0.2) is 83.0 Å². The Hall–Kier alpha value is -4.00. The molecule has 0 aliphatic carbocycles. The molecule has 0 amide bonds. The van der Waals surface area contributed by atoms with Crippen molar-refractivity contribution in [3.63, 3.8) is 0 Å². The normalized spacial score (nSPS) is 10.6. The van der Waals surface area contributed by atoms with E-state index in [0.717, 1.165) is 11.1 Å². The maximum Gasteiger partial charge on any atom is 0.315 e. The van der Waals surface area contributed by atoms with E-state index >= 15 is 0 Å². The summed E-state index contributed by atoms with van der Waals surface area (Å²) < 4.78 is 4.99. The molecule has 28 heavy (non-hydrogen) atoms. The highest BCUT2D eigenvalue weighted by molar-refractivity contribution is 6.12. The third-order valence-corrected chi connectivity index (χ3v) is 3.95. The molecule has 7 heteroatoms. The molecule has 0 spiro atoms. The van der Waals surface area contributed by atoms with Crippen LogP contribution in [0.1, 0.15) is 16.7 Å². The molecular formula is C21H17N3O4. The number of nitro groups is 1. The van der Waals surface area contributed by atoms with Crippen LogP contribution in [0, 0.1) is 10.1 Å². The van der Waals surface area contributed by atoms with Crippen LogP contribution < -0.4 is 4.74 Å². The van der Waals surface area contributed by atoms with Crippen molar-refractivity contribution >= 4 is 17.6 Å². The second kappa shape index (κ2) is 8.59. The summed E-state index contributed by atoms with van der Waals surface area (Å²) in [6, 6.07) is 21.8. The highest BCUT2D eigenvalue weighted by Gasteiger charge is 2.19. The van der Waals surface area contributed by atoms with Crippen molar-refractivity contribution in [2.75, 3.05) is 7.11 Å². The zero-order valence-corrected chi connectivity index (χ0v) is 15.0. The third-order valence-electron chi connectivity index (χ3n) is 3.95. The summed E-state index contributed by atoms with van der Waals surface area (Å²) in [5.41, 5.74) is 2.36. The molecule has 0 atom stereocenters. The Morgan fingerprint density at radius 1 is 1.04 bits per heavy atom. The largest absolute Gasteiger partial charge is 0.500 e. The minimum Gasteiger partial charge on any atom is -0.500 e. The van der Waals surface area contributed by atoms with Gasteiger partial charge in [0.15, 0.2) is 5.75 Å². The number of nitro benzene ring substituents is 1. The smallest absolute Gasteiger partial charge is 0.315 e. The van der Waals surface area contributed by atoms with Crippen LogP contribution in [-0.2, 0) is 0 Å². The fourth-order valence-corrected chi connectivity index (χ4v) is 2.61. The van der Waals surface area contributed by atoms with Crippen molar-refractivity contribution in [2.45, 2.75) is 0 Å². The predicted octanol–water partition coefficient (Wildman–Crippen LogP) is 4.18. The number of nitrogens with zero attached hydrogens (tertiary/aromatic N) is 3. The molecule has 1 N–H and O–H groups in total. The zero-order chi connectivity index (χ0) is 19.9. The number of benzene rings is 3. The van der Waals surface area contributed by atoms with Gasteiger partial charge in [0.25, 0.3) is 0 Å². The maximum absolute atomic E-state index is 11.1. The Kier molecular flexibility index (Phi) is 5.76. The summed E-state index contributed by atoms with van der Waals surface area (Å²) in [6.07, 6.45) is 1.38. The second-order valence-corrected chi connectivity index (χ2v) is 5.77. The van der Waals surface area contributed by atoms with Crippen LogP contribution in [0.2, 0.25) is 0 Å². The number of hydrogen-bond acceptors (Lipinski definition) is 6. The van der Waals surface area contributed by atoms with Crippen molar-refractivity contribution in [3.8, 4) is 11.5 Å². The second-order valence-electron chi connectivity index (χ2n) is 5.77. The van der Waals surface area contributed by atoms with E-state index < -0.39 is 16.4 Å². The van der Waals surface area contributed by atoms with Gasteiger partial charge in [-0.3, -0.25) is 10.1 Å². The molecule has 0 aromatic heterocycles. The van der Waals surface area contributed by atoms with E-state index in [2.05, 4.69) is 10.2 Å². The van der Waals surface area contributed by atoms with E-state index in [9.17, 15) is 15.2 Å². The molecule has 0 aliphatic rings. The monoisotopic (exact) mass is 375 g/mol. The summed E-state index contributed by atoms with van der Waals surface area (Å²) >= 11 is 0. The SMILES string of the molecule is COc1cc(/C=N\N=C(c2ccccc2)c2ccccc2)cc([N+](=O)[O-])c1O. The first-order valence-electron chi connectivity index (χ1n) is 8.37. The number of rotatable bonds is 6. The number of aromatic hydroxyl groups is 1. The molecule has 0 saturated carbocycles. The number of hydrogen-bond donors (Lipinski definition) is 1. The Balaban J connectivity index is 2.01. The molecular weight excluding hydrogens is 358 g/mol. The van der Waals surface area contributed by atoms with E-state index in [0.29, 0.717) is 11.3 Å². The number of phenols is 1. The van der Waals surface area contributed by atoms with Gasteiger partial charge in [0.1, 0.15) is 5.71 Å². The van der Waals surface area contributed by atoms with Gasteiger partial charge in [-0.1, -0.05) is 60.7 Å². The lowest BCUT2D eigenvalue weighted by atomic mass is 10.0. The average molecular weight is 375 g/mol. The van der Waals surface area contributed by atoms with Crippen molar-refractivity contribution in [3.05, 3.63) is 99.6 Å². The maximum atomic E-state index is 11.1. The summed E-state index contributed by atoms with van der Waals surface area (Å²) in [5.74, 6) is -0.534. The molecule has 3 aromatic rings. The third kappa shape index (κ3) is 4.21. The lowest BCUT2D eigenvalue weighted by molar-refractivity contribution is -0.386. The van der Waals surface area contributed by atoms with E-state index in [1.54, 1.807) is 0 Å². The quantitative estimate of drug-likeness (QED) is 0.397. The number of phenolic OH excluding ortho intramolecular Hbond substituents is 1. The first kappa shape index (κ1) is 18.8. The molecule has 0 aliphatic heterocycles. The van der Waals surface area contributed by atoms with Crippen LogP contribution in [-0.4, -0.2) is 29.1 Å². The summed E-state index contributed by atoms with van der Waals surface area (Å²) in [7, 11) is 1.32. The Morgan fingerprint density at radius 3 is 2.11 bits per heavy atom. The van der Waals surface area contributed by atoms with Gasteiger partial charge in [0.05, 0.1) is 18.2 Å². The molecule has 0 radical (unpaired) electrons. The minimum absolute atomic E-state index is 0.00836. The Labute approximate surface area is 161 Å². The van der Waals surface area contributed by atoms with Crippen LogP contribution in [0.4, 0.5) is 5.69 Å². The highest BCUT2D eigenvalue weighted by atomic mass is 16.6. The van der Waals surface area contributed by atoms with Crippen molar-refractivity contribution in [1.29, 1.82) is 0 Å². The first-order chi connectivity index (χ1) is 13.6. The van der Waals surface area contributed by atoms with Crippen molar-refractivity contribution in [2.24, 2.45) is 10.2 Å². The van der Waals surface area contributed by atoms with Gasteiger partial charge >= 0.3 is 5.69 Å². The topological polar surface area (TPSA) is 97.3 Å². The van der Waals surface area contributed by atoms with E-state index in [-0.39, 0.29) is 5.75 Å². The Bertz CT molecular complexity index is 991. The summed E-state index contributed by atoms with van der Waals surface area (Å²) in [5, 5.41) is 29.4. The summed E-state index contributed by atoms with van der Waals surface area (Å²) in [4.78, 5) is 10.4. The van der Waals surface area contributed by atoms with Crippen molar-refractivity contribution in [1.82, 2.24) is 0 Å².